The first-order valence-electron chi connectivity index (χ1n) is 5.88. The highest BCUT2D eigenvalue weighted by molar-refractivity contribution is 5.61. The maximum absolute atomic E-state index is 5.12. The van der Waals surface area contributed by atoms with Crippen molar-refractivity contribution < 1.29 is 4.74 Å². The maximum atomic E-state index is 5.12. The molecule has 96 valence electrons. The summed E-state index contributed by atoms with van der Waals surface area (Å²) in [6.45, 7) is 0.670. The van der Waals surface area contributed by atoms with E-state index in [-0.39, 0.29) is 0 Å². The van der Waals surface area contributed by atoms with E-state index in [9.17, 15) is 0 Å². The highest BCUT2D eigenvalue weighted by atomic mass is 16.5. The lowest BCUT2D eigenvalue weighted by Crippen LogP contribution is -2.04. The van der Waals surface area contributed by atoms with Gasteiger partial charge in [0.05, 0.1) is 7.11 Å². The van der Waals surface area contributed by atoms with Crippen molar-refractivity contribution in [3.05, 3.63) is 48.5 Å². The number of nitrogens with one attached hydrogen (secondary N) is 1. The van der Waals surface area contributed by atoms with Gasteiger partial charge in [-0.2, -0.15) is 5.10 Å². The van der Waals surface area contributed by atoms with E-state index >= 15 is 0 Å². The van der Waals surface area contributed by atoms with Gasteiger partial charge in [0.2, 0.25) is 0 Å². The molecule has 1 N–H and O–H groups in total. The van der Waals surface area contributed by atoms with Crippen LogP contribution in [0.5, 0.6) is 5.75 Å². The zero-order valence-electron chi connectivity index (χ0n) is 10.4. The first-order valence-corrected chi connectivity index (χ1v) is 5.88. The van der Waals surface area contributed by atoms with Crippen LogP contribution in [0.2, 0.25) is 0 Å². The Morgan fingerprint density at radius 3 is 2.84 bits per heavy atom. The Kier molecular flexibility index (Phi) is 2.97. The molecule has 0 bridgehead atoms. The Hall–Kier alpha value is -2.63. The van der Waals surface area contributed by atoms with Gasteiger partial charge < -0.3 is 10.1 Å². The van der Waals surface area contributed by atoms with Gasteiger partial charge >= 0.3 is 0 Å². The van der Waals surface area contributed by atoms with Crippen molar-refractivity contribution >= 4 is 11.5 Å². The predicted octanol–water partition coefficient (Wildman–Crippen LogP) is 1.74. The monoisotopic (exact) mass is 255 g/mol. The molecule has 0 saturated carbocycles. The Morgan fingerprint density at radius 2 is 2.05 bits per heavy atom. The van der Waals surface area contributed by atoms with Crippen molar-refractivity contribution in [3.63, 3.8) is 0 Å². The van der Waals surface area contributed by atoms with Crippen molar-refractivity contribution in [1.82, 2.24) is 19.6 Å². The number of hydrogen-bond donors (Lipinski definition) is 1. The normalized spacial score (nSPS) is 10.6. The quantitative estimate of drug-likeness (QED) is 0.769. The fourth-order valence-corrected chi connectivity index (χ4v) is 1.81. The smallest absolute Gasteiger partial charge is 0.196 e. The molecular weight excluding hydrogens is 242 g/mol. The molecule has 1 aromatic carbocycles. The van der Waals surface area contributed by atoms with Gasteiger partial charge in [-0.1, -0.05) is 12.1 Å². The van der Waals surface area contributed by atoms with Crippen molar-refractivity contribution in [2.75, 3.05) is 12.4 Å². The summed E-state index contributed by atoms with van der Waals surface area (Å²) in [5, 5.41) is 7.32. The molecule has 3 rings (SSSR count). The average Bonchev–Trinajstić information content (AvgIpc) is 2.94. The van der Waals surface area contributed by atoms with Crippen molar-refractivity contribution in [2.45, 2.75) is 6.54 Å². The molecule has 2 heterocycles. The third-order valence-corrected chi connectivity index (χ3v) is 2.82. The number of anilines is 1. The minimum absolute atomic E-state index is 0.670. The fraction of sp³-hybridized carbons (Fsp3) is 0.154. The third-order valence-electron chi connectivity index (χ3n) is 2.82. The average molecular weight is 255 g/mol. The zero-order chi connectivity index (χ0) is 13.1. The van der Waals surface area contributed by atoms with E-state index in [1.165, 1.54) is 6.33 Å². The first kappa shape index (κ1) is 11.5. The fourth-order valence-electron chi connectivity index (χ4n) is 1.81. The minimum Gasteiger partial charge on any atom is -0.497 e. The van der Waals surface area contributed by atoms with Gasteiger partial charge in [0.25, 0.3) is 0 Å². The molecule has 0 aliphatic carbocycles. The number of imidazole rings is 1. The molecule has 0 atom stereocenters. The summed E-state index contributed by atoms with van der Waals surface area (Å²) in [7, 11) is 1.66. The van der Waals surface area contributed by atoms with Crippen LogP contribution >= 0.6 is 0 Å². The van der Waals surface area contributed by atoms with Gasteiger partial charge in [-0.05, 0) is 17.7 Å². The van der Waals surface area contributed by atoms with E-state index in [4.69, 9.17) is 4.74 Å². The van der Waals surface area contributed by atoms with Crippen LogP contribution in [0.4, 0.5) is 5.82 Å². The van der Waals surface area contributed by atoms with E-state index in [0.717, 1.165) is 22.8 Å². The number of hydrogen-bond acceptors (Lipinski definition) is 5. The highest BCUT2D eigenvalue weighted by Crippen LogP contribution is 2.14. The molecule has 0 spiro atoms. The SMILES string of the molecule is COc1ccc(CNc2ncnn3ccnc23)cc1. The Morgan fingerprint density at radius 1 is 1.21 bits per heavy atom. The third kappa shape index (κ3) is 2.33. The lowest BCUT2D eigenvalue weighted by molar-refractivity contribution is 0.414. The molecule has 0 aliphatic heterocycles. The number of ether oxygens (including phenoxy) is 1. The number of fused-ring (bicyclic) bond motifs is 1. The topological polar surface area (TPSA) is 64.3 Å². The molecular formula is C13H13N5O. The molecule has 3 aromatic rings. The number of nitrogens with zero attached hydrogens (tertiary/aromatic N) is 4. The molecule has 0 aliphatic rings. The maximum Gasteiger partial charge on any atom is 0.196 e. The van der Waals surface area contributed by atoms with E-state index in [0.29, 0.717) is 6.54 Å². The summed E-state index contributed by atoms with van der Waals surface area (Å²) in [6.07, 6.45) is 4.99. The van der Waals surface area contributed by atoms with Crippen molar-refractivity contribution in [3.8, 4) is 5.75 Å². The molecule has 2 aromatic heterocycles. The molecule has 0 unspecified atom stereocenters. The Balaban J connectivity index is 1.76. The largest absolute Gasteiger partial charge is 0.497 e. The van der Waals surface area contributed by atoms with Gasteiger partial charge in [-0.3, -0.25) is 0 Å². The standard InChI is InChI=1S/C13H13N5O/c1-19-11-4-2-10(3-5-11)8-15-12-13-14-6-7-18(13)17-9-16-12/h2-7,9H,8H2,1H3,(H,15,16,17). The van der Waals surface area contributed by atoms with Crippen LogP contribution in [0.3, 0.4) is 0 Å². The summed E-state index contributed by atoms with van der Waals surface area (Å²) < 4.78 is 6.81. The molecule has 0 radical (unpaired) electrons. The number of rotatable bonds is 4. The second-order valence-corrected chi connectivity index (χ2v) is 4.01. The Labute approximate surface area is 110 Å². The molecule has 0 fully saturated rings. The number of aromatic nitrogens is 4. The predicted molar refractivity (Wildman–Crippen MR) is 71.1 cm³/mol. The van der Waals surface area contributed by atoms with Crippen molar-refractivity contribution in [2.24, 2.45) is 0 Å². The van der Waals surface area contributed by atoms with E-state index in [2.05, 4.69) is 20.4 Å². The summed E-state index contributed by atoms with van der Waals surface area (Å²) in [5.74, 6) is 1.57. The minimum atomic E-state index is 0.670. The van der Waals surface area contributed by atoms with Crippen LogP contribution in [-0.2, 0) is 6.54 Å². The summed E-state index contributed by atoms with van der Waals surface area (Å²) in [4.78, 5) is 8.41. The van der Waals surface area contributed by atoms with Crippen LogP contribution in [0, 0.1) is 0 Å². The van der Waals surface area contributed by atoms with Crippen LogP contribution in [0.15, 0.2) is 43.0 Å². The van der Waals surface area contributed by atoms with E-state index in [1.807, 2.05) is 24.3 Å². The Bertz CT molecular complexity index is 677. The summed E-state index contributed by atoms with van der Waals surface area (Å²) >= 11 is 0. The molecule has 19 heavy (non-hydrogen) atoms. The van der Waals surface area contributed by atoms with Gasteiger partial charge in [0.15, 0.2) is 11.5 Å². The van der Waals surface area contributed by atoms with Gasteiger partial charge in [0, 0.05) is 18.9 Å². The van der Waals surface area contributed by atoms with E-state index in [1.54, 1.807) is 24.0 Å². The van der Waals surface area contributed by atoms with Crippen LogP contribution < -0.4 is 10.1 Å². The first-order chi connectivity index (χ1) is 9.36. The second-order valence-electron chi connectivity index (χ2n) is 4.01. The molecule has 6 nitrogen and oxygen atoms in total. The molecule has 6 heteroatoms. The van der Waals surface area contributed by atoms with Gasteiger partial charge in [0.1, 0.15) is 12.1 Å². The van der Waals surface area contributed by atoms with Crippen LogP contribution in [0.25, 0.3) is 5.65 Å². The number of methoxy groups -OCH3 is 1. The van der Waals surface area contributed by atoms with Crippen molar-refractivity contribution in [1.29, 1.82) is 0 Å². The molecule has 0 saturated heterocycles. The molecule has 0 amide bonds. The van der Waals surface area contributed by atoms with Crippen LogP contribution in [-0.4, -0.2) is 26.7 Å². The summed E-state index contributed by atoms with van der Waals surface area (Å²) in [6, 6.07) is 7.88. The van der Waals surface area contributed by atoms with Gasteiger partial charge in [-0.25, -0.2) is 14.5 Å². The van der Waals surface area contributed by atoms with Gasteiger partial charge in [-0.15, -0.1) is 0 Å². The second kappa shape index (κ2) is 4.93. The van der Waals surface area contributed by atoms with Crippen LogP contribution in [0.1, 0.15) is 5.56 Å². The highest BCUT2D eigenvalue weighted by Gasteiger charge is 2.04. The lowest BCUT2D eigenvalue weighted by atomic mass is 10.2. The number of benzene rings is 1. The lowest BCUT2D eigenvalue weighted by Gasteiger charge is -2.07. The van der Waals surface area contributed by atoms with E-state index < -0.39 is 0 Å². The zero-order valence-corrected chi connectivity index (χ0v) is 10.4. The summed E-state index contributed by atoms with van der Waals surface area (Å²) in [5.41, 5.74) is 1.86.